The smallest absolute Gasteiger partial charge is 0.0928 e. The van der Waals surface area contributed by atoms with Crippen LogP contribution in [0.25, 0.3) is 0 Å². The molecule has 0 fully saturated rings. The fraction of sp³-hybridized carbons (Fsp3) is 0.833. The van der Waals surface area contributed by atoms with Crippen LogP contribution >= 0.6 is 0 Å². The average Bonchev–Trinajstić information content (AvgIpc) is 1.99. The number of nitrogens with zero attached hydrogens (tertiary/aromatic N) is 1. The van der Waals surface area contributed by atoms with E-state index in [4.69, 9.17) is 15.5 Å². The Kier molecular flexibility index (Phi) is 4.85. The number of hydrogen-bond acceptors (Lipinski definition) is 4. The zero-order valence-corrected chi connectivity index (χ0v) is 5.91. The van der Waals surface area contributed by atoms with Gasteiger partial charge in [0.1, 0.15) is 0 Å². The standard InChI is InChI=1S/C6H12N2O2/c1-5(2-7)8-6(3-9)4-10/h5-6,8-10H,3-4H2,1H3. The van der Waals surface area contributed by atoms with Gasteiger partial charge >= 0.3 is 0 Å². The molecule has 0 aromatic heterocycles. The molecule has 10 heavy (non-hydrogen) atoms. The molecule has 0 radical (unpaired) electrons. The monoisotopic (exact) mass is 144 g/mol. The molecule has 0 aliphatic rings. The molecule has 0 spiro atoms. The van der Waals surface area contributed by atoms with Gasteiger partial charge in [0.2, 0.25) is 0 Å². The van der Waals surface area contributed by atoms with E-state index in [-0.39, 0.29) is 25.3 Å². The van der Waals surface area contributed by atoms with Gasteiger partial charge in [-0.1, -0.05) is 0 Å². The number of hydrogen-bond donors (Lipinski definition) is 3. The Labute approximate surface area is 60.1 Å². The predicted molar refractivity (Wildman–Crippen MR) is 36.2 cm³/mol. The van der Waals surface area contributed by atoms with Gasteiger partial charge in [0.25, 0.3) is 0 Å². The lowest BCUT2D eigenvalue weighted by molar-refractivity contribution is 0.168. The second-order valence-electron chi connectivity index (χ2n) is 2.08. The molecule has 0 heterocycles. The average molecular weight is 144 g/mol. The van der Waals surface area contributed by atoms with Crippen LogP contribution in [0.4, 0.5) is 0 Å². The molecule has 3 N–H and O–H groups in total. The number of nitrogens with one attached hydrogen (secondary N) is 1. The first-order valence-electron chi connectivity index (χ1n) is 3.12. The van der Waals surface area contributed by atoms with Crippen molar-refractivity contribution in [2.75, 3.05) is 13.2 Å². The van der Waals surface area contributed by atoms with Crippen LogP contribution in [-0.2, 0) is 0 Å². The highest BCUT2D eigenvalue weighted by molar-refractivity contribution is 4.87. The molecule has 4 nitrogen and oxygen atoms in total. The molecule has 0 saturated carbocycles. The van der Waals surface area contributed by atoms with Gasteiger partial charge in [-0.05, 0) is 6.92 Å². The third-order valence-electron chi connectivity index (χ3n) is 1.12. The van der Waals surface area contributed by atoms with Gasteiger partial charge < -0.3 is 10.2 Å². The molecule has 0 saturated heterocycles. The number of aliphatic hydroxyl groups is 2. The number of rotatable bonds is 4. The maximum absolute atomic E-state index is 8.54. The fourth-order valence-electron chi connectivity index (χ4n) is 0.554. The van der Waals surface area contributed by atoms with Crippen molar-refractivity contribution in [3.8, 4) is 6.07 Å². The predicted octanol–water partition coefficient (Wildman–Crippen LogP) is -1.16. The molecule has 0 aliphatic carbocycles. The van der Waals surface area contributed by atoms with Gasteiger partial charge in [0, 0.05) is 0 Å². The van der Waals surface area contributed by atoms with Gasteiger partial charge in [-0.15, -0.1) is 0 Å². The van der Waals surface area contributed by atoms with Gasteiger partial charge in [-0.25, -0.2) is 0 Å². The van der Waals surface area contributed by atoms with E-state index in [0.717, 1.165) is 0 Å². The van der Waals surface area contributed by atoms with Gasteiger partial charge in [0.15, 0.2) is 0 Å². The van der Waals surface area contributed by atoms with E-state index in [1.54, 1.807) is 6.92 Å². The van der Waals surface area contributed by atoms with E-state index in [9.17, 15) is 0 Å². The lowest BCUT2D eigenvalue weighted by atomic mass is 10.3. The zero-order valence-electron chi connectivity index (χ0n) is 5.91. The Morgan fingerprint density at radius 1 is 1.50 bits per heavy atom. The molecule has 58 valence electrons. The summed E-state index contributed by atoms with van der Waals surface area (Å²) >= 11 is 0. The first kappa shape index (κ1) is 9.37. The Balaban J connectivity index is 3.54. The second kappa shape index (κ2) is 5.18. The normalized spacial score (nSPS) is 13.1. The largest absolute Gasteiger partial charge is 0.395 e. The lowest BCUT2D eigenvalue weighted by Crippen LogP contribution is -2.40. The summed E-state index contributed by atoms with van der Waals surface area (Å²) in [7, 11) is 0. The third kappa shape index (κ3) is 3.41. The molecule has 0 bridgehead atoms. The minimum absolute atomic E-state index is 0.150. The first-order valence-corrected chi connectivity index (χ1v) is 3.12. The fourth-order valence-corrected chi connectivity index (χ4v) is 0.554. The van der Waals surface area contributed by atoms with Crippen molar-refractivity contribution in [1.82, 2.24) is 5.32 Å². The minimum atomic E-state index is -0.380. The van der Waals surface area contributed by atoms with Crippen LogP contribution in [0.15, 0.2) is 0 Å². The van der Waals surface area contributed by atoms with Crippen molar-refractivity contribution in [3.05, 3.63) is 0 Å². The van der Waals surface area contributed by atoms with Crippen molar-refractivity contribution < 1.29 is 10.2 Å². The lowest BCUT2D eigenvalue weighted by Gasteiger charge is -2.13. The summed E-state index contributed by atoms with van der Waals surface area (Å²) in [4.78, 5) is 0. The Morgan fingerprint density at radius 3 is 2.30 bits per heavy atom. The summed E-state index contributed by atoms with van der Waals surface area (Å²) in [5.74, 6) is 0. The molecule has 0 rings (SSSR count). The Morgan fingerprint density at radius 2 is 2.00 bits per heavy atom. The Bertz CT molecular complexity index is 117. The van der Waals surface area contributed by atoms with Gasteiger partial charge in [0.05, 0.1) is 31.4 Å². The summed E-state index contributed by atoms with van der Waals surface area (Å²) in [5, 5.41) is 28.1. The van der Waals surface area contributed by atoms with E-state index in [1.165, 1.54) is 0 Å². The van der Waals surface area contributed by atoms with E-state index in [2.05, 4.69) is 5.32 Å². The van der Waals surface area contributed by atoms with Crippen molar-refractivity contribution in [1.29, 1.82) is 5.26 Å². The second-order valence-corrected chi connectivity index (χ2v) is 2.08. The highest BCUT2D eigenvalue weighted by Gasteiger charge is 2.07. The summed E-state index contributed by atoms with van der Waals surface area (Å²) in [6.45, 7) is 1.36. The van der Waals surface area contributed by atoms with Crippen LogP contribution in [0.1, 0.15) is 6.92 Å². The molecule has 0 aromatic rings. The van der Waals surface area contributed by atoms with Crippen molar-refractivity contribution in [2.45, 2.75) is 19.0 Å². The van der Waals surface area contributed by atoms with Gasteiger partial charge in [-0.2, -0.15) is 5.26 Å². The summed E-state index contributed by atoms with van der Waals surface area (Å²) < 4.78 is 0. The molecular formula is C6H12N2O2. The maximum atomic E-state index is 8.54. The topological polar surface area (TPSA) is 76.3 Å². The number of aliphatic hydroxyl groups excluding tert-OH is 2. The third-order valence-corrected chi connectivity index (χ3v) is 1.12. The highest BCUT2D eigenvalue weighted by atomic mass is 16.3. The SMILES string of the molecule is CC(C#N)NC(CO)CO. The molecule has 0 aliphatic heterocycles. The van der Waals surface area contributed by atoms with Crippen LogP contribution in [0, 0.1) is 11.3 Å². The van der Waals surface area contributed by atoms with E-state index < -0.39 is 0 Å². The maximum Gasteiger partial charge on any atom is 0.0928 e. The molecule has 4 heteroatoms. The highest BCUT2D eigenvalue weighted by Crippen LogP contribution is 1.83. The van der Waals surface area contributed by atoms with E-state index >= 15 is 0 Å². The van der Waals surface area contributed by atoms with Crippen LogP contribution in [0.5, 0.6) is 0 Å². The summed E-state index contributed by atoms with van der Waals surface area (Å²) in [6, 6.07) is 1.22. The van der Waals surface area contributed by atoms with Crippen molar-refractivity contribution >= 4 is 0 Å². The van der Waals surface area contributed by atoms with Crippen molar-refractivity contribution in [2.24, 2.45) is 0 Å². The van der Waals surface area contributed by atoms with Crippen LogP contribution in [0.2, 0.25) is 0 Å². The van der Waals surface area contributed by atoms with Crippen LogP contribution < -0.4 is 5.32 Å². The molecule has 0 amide bonds. The van der Waals surface area contributed by atoms with E-state index in [0.29, 0.717) is 0 Å². The summed E-state index contributed by atoms with van der Waals surface area (Å²) in [6.07, 6.45) is 0. The first-order chi connectivity index (χ1) is 4.74. The number of nitriles is 1. The molecular weight excluding hydrogens is 132 g/mol. The minimum Gasteiger partial charge on any atom is -0.395 e. The quantitative estimate of drug-likeness (QED) is 0.465. The van der Waals surface area contributed by atoms with E-state index in [1.807, 2.05) is 6.07 Å². The van der Waals surface area contributed by atoms with Gasteiger partial charge in [-0.3, -0.25) is 5.32 Å². The molecule has 1 atom stereocenters. The van der Waals surface area contributed by atoms with Crippen molar-refractivity contribution in [3.63, 3.8) is 0 Å². The molecule has 1 unspecified atom stereocenters. The van der Waals surface area contributed by atoms with Crippen LogP contribution in [-0.4, -0.2) is 35.5 Å². The Hall–Kier alpha value is -0.630. The zero-order chi connectivity index (χ0) is 7.98. The van der Waals surface area contributed by atoms with Crippen LogP contribution in [0.3, 0.4) is 0 Å². The molecule has 0 aromatic carbocycles. The summed E-state index contributed by atoms with van der Waals surface area (Å²) in [5.41, 5.74) is 0.